The maximum atomic E-state index is 12.6. The van der Waals surface area contributed by atoms with E-state index in [1.807, 2.05) is 36.1 Å². The van der Waals surface area contributed by atoms with E-state index < -0.39 is 0 Å². The Balaban J connectivity index is 1.36. The first-order chi connectivity index (χ1) is 14.0. The van der Waals surface area contributed by atoms with Gasteiger partial charge in [0.1, 0.15) is 5.75 Å². The molecule has 0 unspecified atom stereocenters. The topological polar surface area (TPSA) is 57.7 Å². The molecule has 3 aromatic rings. The molecule has 0 atom stereocenters. The number of carbonyl (C=O) groups excluding carboxylic acids is 1. The second-order valence-corrected chi connectivity index (χ2v) is 8.27. The lowest BCUT2D eigenvalue weighted by molar-refractivity contribution is 0.208. The van der Waals surface area contributed by atoms with Crippen molar-refractivity contribution in [3.8, 4) is 5.75 Å². The quantitative estimate of drug-likeness (QED) is 0.679. The number of anilines is 2. The molecule has 7 heteroatoms. The molecule has 1 saturated heterocycles. The van der Waals surface area contributed by atoms with Crippen LogP contribution in [0.3, 0.4) is 0 Å². The molecule has 1 fully saturated rings. The molecule has 0 spiro atoms. The van der Waals surface area contributed by atoms with Gasteiger partial charge in [-0.25, -0.2) is 9.78 Å². The van der Waals surface area contributed by atoms with Crippen molar-refractivity contribution in [3.63, 3.8) is 0 Å². The Hall–Kier alpha value is -2.80. The van der Waals surface area contributed by atoms with E-state index in [1.54, 1.807) is 11.3 Å². The highest BCUT2D eigenvalue weighted by Gasteiger charge is 2.23. The largest absolute Gasteiger partial charge is 0.494 e. The number of aryl methyl sites for hydroxylation is 2. The van der Waals surface area contributed by atoms with Crippen molar-refractivity contribution in [2.45, 2.75) is 20.8 Å². The van der Waals surface area contributed by atoms with Crippen LogP contribution in [0.15, 0.2) is 36.4 Å². The van der Waals surface area contributed by atoms with Gasteiger partial charge in [-0.05, 0) is 62.2 Å². The van der Waals surface area contributed by atoms with Gasteiger partial charge in [0.15, 0.2) is 5.13 Å². The van der Waals surface area contributed by atoms with E-state index in [-0.39, 0.29) is 6.03 Å². The predicted octanol–water partition coefficient (Wildman–Crippen LogP) is 4.67. The van der Waals surface area contributed by atoms with Crippen LogP contribution in [-0.2, 0) is 0 Å². The lowest BCUT2D eigenvalue weighted by Gasteiger charge is -2.34. The first-order valence-electron chi connectivity index (χ1n) is 9.95. The summed E-state index contributed by atoms with van der Waals surface area (Å²) in [6.45, 7) is 9.75. The zero-order chi connectivity index (χ0) is 20.4. The Morgan fingerprint density at radius 2 is 1.86 bits per heavy atom. The Morgan fingerprint density at radius 3 is 2.55 bits per heavy atom. The Labute approximate surface area is 175 Å². The van der Waals surface area contributed by atoms with Crippen LogP contribution in [0.5, 0.6) is 5.75 Å². The van der Waals surface area contributed by atoms with Gasteiger partial charge in [0.25, 0.3) is 0 Å². The van der Waals surface area contributed by atoms with Crippen molar-refractivity contribution < 1.29 is 9.53 Å². The van der Waals surface area contributed by atoms with Gasteiger partial charge in [-0.15, -0.1) is 0 Å². The Kier molecular flexibility index (Phi) is 5.58. The molecule has 0 radical (unpaired) electrons. The number of ether oxygens (including phenoxy) is 1. The third-order valence-corrected chi connectivity index (χ3v) is 6.33. The smallest absolute Gasteiger partial charge is 0.321 e. The van der Waals surface area contributed by atoms with Crippen LogP contribution in [0.25, 0.3) is 10.2 Å². The average molecular weight is 411 g/mol. The van der Waals surface area contributed by atoms with Gasteiger partial charge in [-0.3, -0.25) is 0 Å². The summed E-state index contributed by atoms with van der Waals surface area (Å²) >= 11 is 1.74. The molecule has 2 aromatic carbocycles. The zero-order valence-corrected chi connectivity index (χ0v) is 17.9. The van der Waals surface area contributed by atoms with Gasteiger partial charge in [0, 0.05) is 31.9 Å². The van der Waals surface area contributed by atoms with Gasteiger partial charge in [0.2, 0.25) is 0 Å². The van der Waals surface area contributed by atoms with Crippen molar-refractivity contribution in [3.05, 3.63) is 47.5 Å². The van der Waals surface area contributed by atoms with Crippen LogP contribution in [0.2, 0.25) is 0 Å². The van der Waals surface area contributed by atoms with E-state index in [0.717, 1.165) is 35.2 Å². The molecule has 0 aliphatic carbocycles. The number of nitrogens with one attached hydrogen (secondary N) is 1. The first-order valence-corrected chi connectivity index (χ1v) is 10.8. The standard InChI is InChI=1S/C22H26N4O2S/c1-4-28-18-7-5-17(6-8-18)23-21(27)25-9-11-26(12-10-25)22-24-19-14-15(2)13-16(3)20(19)29-22/h5-8,13-14H,4,9-12H2,1-3H3,(H,23,27). The number of piperazine rings is 1. The number of benzene rings is 2. The number of urea groups is 1. The van der Waals surface area contributed by atoms with E-state index in [0.29, 0.717) is 19.7 Å². The lowest BCUT2D eigenvalue weighted by atomic mass is 10.1. The van der Waals surface area contributed by atoms with Crippen LogP contribution in [0.4, 0.5) is 15.6 Å². The van der Waals surface area contributed by atoms with E-state index >= 15 is 0 Å². The summed E-state index contributed by atoms with van der Waals surface area (Å²) in [6.07, 6.45) is 0. The maximum absolute atomic E-state index is 12.6. The van der Waals surface area contributed by atoms with E-state index in [2.05, 4.69) is 36.2 Å². The van der Waals surface area contributed by atoms with Gasteiger partial charge >= 0.3 is 6.03 Å². The minimum Gasteiger partial charge on any atom is -0.494 e. The van der Waals surface area contributed by atoms with Crippen molar-refractivity contribution in [1.82, 2.24) is 9.88 Å². The van der Waals surface area contributed by atoms with Crippen LogP contribution in [0, 0.1) is 13.8 Å². The number of thiazole rings is 1. The van der Waals surface area contributed by atoms with E-state index in [4.69, 9.17) is 9.72 Å². The monoisotopic (exact) mass is 410 g/mol. The number of hydrogen-bond acceptors (Lipinski definition) is 5. The van der Waals surface area contributed by atoms with Crippen molar-refractivity contribution in [2.75, 3.05) is 43.0 Å². The molecule has 4 rings (SSSR count). The molecule has 1 N–H and O–H groups in total. The minimum absolute atomic E-state index is 0.0652. The Morgan fingerprint density at radius 1 is 1.14 bits per heavy atom. The molecule has 1 aromatic heterocycles. The van der Waals surface area contributed by atoms with E-state index in [1.165, 1.54) is 15.8 Å². The van der Waals surface area contributed by atoms with Gasteiger partial charge in [0.05, 0.1) is 16.8 Å². The highest BCUT2D eigenvalue weighted by molar-refractivity contribution is 7.22. The summed E-state index contributed by atoms with van der Waals surface area (Å²) in [5, 5.41) is 4.01. The number of aromatic nitrogens is 1. The first kappa shape index (κ1) is 19.5. The molecular weight excluding hydrogens is 384 g/mol. The molecule has 29 heavy (non-hydrogen) atoms. The zero-order valence-electron chi connectivity index (χ0n) is 17.1. The molecule has 0 saturated carbocycles. The molecule has 2 heterocycles. The van der Waals surface area contributed by atoms with Crippen LogP contribution < -0.4 is 15.0 Å². The number of rotatable bonds is 4. The van der Waals surface area contributed by atoms with Crippen molar-refractivity contribution >= 4 is 38.4 Å². The summed E-state index contributed by atoms with van der Waals surface area (Å²) in [6, 6.07) is 11.7. The third kappa shape index (κ3) is 4.29. The molecular formula is C22H26N4O2S. The summed E-state index contributed by atoms with van der Waals surface area (Å²) in [5.74, 6) is 0.806. The summed E-state index contributed by atoms with van der Waals surface area (Å²) in [5.41, 5.74) is 4.36. The molecule has 1 aliphatic heterocycles. The highest BCUT2D eigenvalue weighted by Crippen LogP contribution is 2.32. The van der Waals surface area contributed by atoms with Crippen molar-refractivity contribution in [1.29, 1.82) is 0 Å². The highest BCUT2D eigenvalue weighted by atomic mass is 32.1. The average Bonchev–Trinajstić information content (AvgIpc) is 3.14. The van der Waals surface area contributed by atoms with Crippen molar-refractivity contribution in [2.24, 2.45) is 0 Å². The van der Waals surface area contributed by atoms with E-state index in [9.17, 15) is 4.79 Å². The molecule has 0 bridgehead atoms. The summed E-state index contributed by atoms with van der Waals surface area (Å²) in [7, 11) is 0. The molecule has 152 valence electrons. The van der Waals surface area contributed by atoms with Gasteiger partial charge < -0.3 is 19.9 Å². The normalized spacial score (nSPS) is 14.3. The number of hydrogen-bond donors (Lipinski definition) is 1. The fraction of sp³-hybridized carbons (Fsp3) is 0.364. The number of carbonyl (C=O) groups is 1. The third-order valence-electron chi connectivity index (χ3n) is 5.06. The van der Waals surface area contributed by atoms with Crippen LogP contribution in [-0.4, -0.2) is 48.7 Å². The van der Waals surface area contributed by atoms with Gasteiger partial charge in [-0.2, -0.15) is 0 Å². The predicted molar refractivity (Wildman–Crippen MR) is 120 cm³/mol. The second-order valence-electron chi connectivity index (χ2n) is 7.29. The summed E-state index contributed by atoms with van der Waals surface area (Å²) < 4.78 is 6.69. The molecule has 6 nitrogen and oxygen atoms in total. The molecule has 1 aliphatic rings. The number of fused-ring (bicyclic) bond motifs is 1. The molecule has 2 amide bonds. The fourth-order valence-corrected chi connectivity index (χ4v) is 4.67. The fourth-order valence-electron chi connectivity index (χ4n) is 3.60. The SMILES string of the molecule is CCOc1ccc(NC(=O)N2CCN(c3nc4cc(C)cc(C)c4s3)CC2)cc1. The minimum atomic E-state index is -0.0652. The number of amides is 2. The van der Waals surface area contributed by atoms with Crippen LogP contribution >= 0.6 is 11.3 Å². The number of nitrogens with zero attached hydrogens (tertiary/aromatic N) is 3. The maximum Gasteiger partial charge on any atom is 0.321 e. The van der Waals surface area contributed by atoms with Gasteiger partial charge in [-0.1, -0.05) is 17.4 Å². The lowest BCUT2D eigenvalue weighted by Crippen LogP contribution is -2.50. The second kappa shape index (κ2) is 8.29. The summed E-state index contributed by atoms with van der Waals surface area (Å²) in [4.78, 5) is 21.6. The Bertz CT molecular complexity index is 1010. The van der Waals surface area contributed by atoms with Crippen LogP contribution in [0.1, 0.15) is 18.1 Å².